The number of rotatable bonds is 8. The van der Waals surface area contributed by atoms with E-state index in [9.17, 15) is 19.8 Å². The minimum atomic E-state index is -0.393. The van der Waals surface area contributed by atoms with Gasteiger partial charge in [0.25, 0.3) is 0 Å². The molecule has 4 rings (SSSR count). The molecule has 2 heterocycles. The minimum Gasteiger partial charge on any atom is -0.496 e. The minimum absolute atomic E-state index is 0.206. The zero-order valence-electron chi connectivity index (χ0n) is 18.1. The third-order valence-electron chi connectivity index (χ3n) is 5.27. The monoisotopic (exact) mass is 480 g/mol. The number of carbonyl (C=O) groups excluding carboxylic acids is 1. The first kappa shape index (κ1) is 23.3. The molecule has 0 aliphatic heterocycles. The number of halogens is 1. The Labute approximate surface area is 199 Å². The third kappa shape index (κ3) is 4.74. The van der Waals surface area contributed by atoms with Crippen molar-refractivity contribution < 1.29 is 24.2 Å². The number of ketones is 1. The Kier molecular flexibility index (Phi) is 6.83. The summed E-state index contributed by atoms with van der Waals surface area (Å²) in [5, 5.41) is 19.3. The number of aromatic amines is 1. The van der Waals surface area contributed by atoms with Crippen LogP contribution in [0.1, 0.15) is 27.0 Å². The largest absolute Gasteiger partial charge is 0.496 e. The summed E-state index contributed by atoms with van der Waals surface area (Å²) in [6.07, 6.45) is 4.56. The summed E-state index contributed by atoms with van der Waals surface area (Å²) in [5.74, 6) is 0.559. The zero-order valence-corrected chi connectivity index (χ0v) is 18.9. The Morgan fingerprint density at radius 3 is 2.68 bits per heavy atom. The summed E-state index contributed by atoms with van der Waals surface area (Å²) in [6.45, 7) is -0.552. The van der Waals surface area contributed by atoms with Gasteiger partial charge in [-0.1, -0.05) is 18.2 Å². The van der Waals surface area contributed by atoms with Crippen LogP contribution in [0, 0.1) is 0 Å². The molecule has 0 unspecified atom stereocenters. The van der Waals surface area contributed by atoms with Crippen LogP contribution >= 0.6 is 11.6 Å². The van der Waals surface area contributed by atoms with E-state index >= 15 is 0 Å². The Morgan fingerprint density at radius 1 is 1.18 bits per heavy atom. The lowest BCUT2D eigenvalue weighted by molar-refractivity contribution is 0.104. The van der Waals surface area contributed by atoms with E-state index in [-0.39, 0.29) is 24.2 Å². The molecule has 8 nitrogen and oxygen atoms in total. The number of nitrogens with one attached hydrogen (secondary N) is 1. The number of hydrogen-bond donors (Lipinski definition) is 3. The quantitative estimate of drug-likeness (QED) is 0.259. The first-order chi connectivity index (χ1) is 16.4. The Hall–Kier alpha value is -3.85. The van der Waals surface area contributed by atoms with Crippen molar-refractivity contribution in [1.29, 1.82) is 0 Å². The van der Waals surface area contributed by atoms with Gasteiger partial charge in [0.05, 0.1) is 26.0 Å². The Bertz CT molecular complexity index is 1400. The molecule has 0 saturated carbocycles. The van der Waals surface area contributed by atoms with Gasteiger partial charge < -0.3 is 24.4 Å². The molecule has 0 aliphatic carbocycles. The van der Waals surface area contributed by atoms with Crippen molar-refractivity contribution in [2.24, 2.45) is 0 Å². The molecule has 34 heavy (non-hydrogen) atoms. The molecule has 174 valence electrons. The van der Waals surface area contributed by atoms with E-state index < -0.39 is 5.69 Å². The average Bonchev–Trinajstić information content (AvgIpc) is 3.47. The predicted molar refractivity (Wildman–Crippen MR) is 127 cm³/mol. The van der Waals surface area contributed by atoms with Crippen molar-refractivity contribution in [3.05, 3.63) is 98.8 Å². The molecule has 0 atom stereocenters. The van der Waals surface area contributed by atoms with E-state index in [4.69, 9.17) is 20.8 Å². The van der Waals surface area contributed by atoms with E-state index in [0.717, 1.165) is 0 Å². The fourth-order valence-corrected chi connectivity index (χ4v) is 3.72. The van der Waals surface area contributed by atoms with Crippen molar-refractivity contribution in [1.82, 2.24) is 9.55 Å². The van der Waals surface area contributed by atoms with Crippen LogP contribution in [0.25, 0.3) is 23.2 Å². The third-order valence-corrected chi connectivity index (χ3v) is 5.47. The number of aliphatic hydroxyl groups excluding tert-OH is 2. The van der Waals surface area contributed by atoms with E-state index in [2.05, 4.69) is 4.98 Å². The molecule has 2 aromatic heterocycles. The van der Waals surface area contributed by atoms with Gasteiger partial charge in [-0.05, 0) is 65.2 Å². The number of aromatic nitrogens is 2. The lowest BCUT2D eigenvalue weighted by atomic mass is 10.0. The van der Waals surface area contributed by atoms with Crippen LogP contribution < -0.4 is 10.4 Å². The first-order valence-electron chi connectivity index (χ1n) is 10.2. The van der Waals surface area contributed by atoms with Crippen LogP contribution in [-0.4, -0.2) is 32.7 Å². The average molecular weight is 481 g/mol. The number of furan rings is 1. The van der Waals surface area contributed by atoms with E-state index in [0.29, 0.717) is 45.1 Å². The summed E-state index contributed by atoms with van der Waals surface area (Å²) < 4.78 is 12.0. The fraction of sp³-hybridized carbons (Fsp3) is 0.120. The fourth-order valence-electron chi connectivity index (χ4n) is 3.57. The number of aliphatic hydroxyl groups is 2. The van der Waals surface area contributed by atoms with Crippen LogP contribution in [0.15, 0.2) is 70.0 Å². The van der Waals surface area contributed by atoms with Gasteiger partial charge >= 0.3 is 5.69 Å². The predicted octanol–water partition coefficient (Wildman–Crippen LogP) is 3.97. The number of methoxy groups -OCH3 is 1. The number of benzene rings is 2. The highest BCUT2D eigenvalue weighted by atomic mass is 35.5. The van der Waals surface area contributed by atoms with Crippen LogP contribution in [-0.2, 0) is 13.2 Å². The molecule has 4 aromatic rings. The van der Waals surface area contributed by atoms with Gasteiger partial charge in [0.1, 0.15) is 11.4 Å². The van der Waals surface area contributed by atoms with Crippen LogP contribution in [0.4, 0.5) is 0 Å². The van der Waals surface area contributed by atoms with Crippen molar-refractivity contribution in [2.75, 3.05) is 7.11 Å². The normalized spacial score (nSPS) is 11.3. The summed E-state index contributed by atoms with van der Waals surface area (Å²) in [5.41, 5.74) is 2.58. The summed E-state index contributed by atoms with van der Waals surface area (Å²) in [6, 6.07) is 13.2. The maximum atomic E-state index is 12.8. The molecule has 0 spiro atoms. The molecular weight excluding hydrogens is 460 g/mol. The van der Waals surface area contributed by atoms with Crippen molar-refractivity contribution >= 4 is 23.5 Å². The molecule has 0 aliphatic rings. The summed E-state index contributed by atoms with van der Waals surface area (Å²) in [4.78, 5) is 28.0. The number of allylic oxidation sites excluding steroid dienone is 1. The molecule has 3 N–H and O–H groups in total. The van der Waals surface area contributed by atoms with Gasteiger partial charge in [-0.25, -0.2) is 4.79 Å². The smallest absolute Gasteiger partial charge is 0.330 e. The number of ether oxygens (including phenoxy) is 1. The zero-order chi connectivity index (χ0) is 24.2. The van der Waals surface area contributed by atoms with Gasteiger partial charge in [-0.2, -0.15) is 0 Å². The van der Waals surface area contributed by atoms with Crippen LogP contribution in [0.2, 0.25) is 5.22 Å². The topological polar surface area (TPSA) is 118 Å². The highest BCUT2D eigenvalue weighted by molar-refractivity contribution is 6.29. The second-order valence-corrected chi connectivity index (χ2v) is 7.74. The molecule has 9 heteroatoms. The van der Waals surface area contributed by atoms with Crippen molar-refractivity contribution in [3.63, 3.8) is 0 Å². The number of nitrogens with zero attached hydrogens (tertiary/aromatic N) is 1. The molecule has 0 radical (unpaired) electrons. The Morgan fingerprint density at radius 2 is 2.00 bits per heavy atom. The maximum Gasteiger partial charge on any atom is 0.330 e. The second kappa shape index (κ2) is 9.96. The Balaban J connectivity index is 1.60. The van der Waals surface area contributed by atoms with Crippen molar-refractivity contribution in [2.45, 2.75) is 13.2 Å². The lowest BCUT2D eigenvalue weighted by Crippen LogP contribution is -2.14. The molecule has 0 saturated heterocycles. The van der Waals surface area contributed by atoms with Crippen LogP contribution in [0.3, 0.4) is 0 Å². The van der Waals surface area contributed by atoms with Gasteiger partial charge in [-0.15, -0.1) is 0 Å². The van der Waals surface area contributed by atoms with E-state index in [1.165, 1.54) is 17.8 Å². The number of hydrogen-bond acceptors (Lipinski definition) is 6. The van der Waals surface area contributed by atoms with Gasteiger partial charge in [0, 0.05) is 17.3 Å². The summed E-state index contributed by atoms with van der Waals surface area (Å²) >= 11 is 5.81. The van der Waals surface area contributed by atoms with Gasteiger partial charge in [0.2, 0.25) is 0 Å². The molecule has 0 amide bonds. The second-order valence-electron chi connectivity index (χ2n) is 7.37. The number of imidazole rings is 1. The van der Waals surface area contributed by atoms with Gasteiger partial charge in [-0.3, -0.25) is 9.36 Å². The number of carbonyl (C=O) groups is 1. The molecule has 0 bridgehead atoms. The molecule has 2 aromatic carbocycles. The standard InChI is InChI=1S/C25H21ClN2O6/c1-33-23-10-15(9-17(13-29)19(23)14-30)5-6-21(31)16-3-2-4-18(11-16)28-12-20(27-25(28)32)22-7-8-24(26)34-22/h2-12,29-30H,13-14H2,1H3,(H,27,32)/b6-5+. The van der Waals surface area contributed by atoms with Crippen LogP contribution in [0.5, 0.6) is 5.75 Å². The maximum absolute atomic E-state index is 12.8. The summed E-state index contributed by atoms with van der Waals surface area (Å²) in [7, 11) is 1.47. The van der Waals surface area contributed by atoms with Crippen molar-refractivity contribution in [3.8, 4) is 22.9 Å². The SMILES string of the molecule is COc1cc(/C=C/C(=O)c2cccc(-n3cc(-c4ccc(Cl)o4)[nH]c3=O)c2)cc(CO)c1CO. The van der Waals surface area contributed by atoms with E-state index in [1.807, 2.05) is 0 Å². The lowest BCUT2D eigenvalue weighted by Gasteiger charge is -2.12. The van der Waals surface area contributed by atoms with E-state index in [1.54, 1.807) is 60.8 Å². The highest BCUT2D eigenvalue weighted by Gasteiger charge is 2.13. The molecule has 0 fully saturated rings. The number of H-pyrrole nitrogens is 1. The highest BCUT2D eigenvalue weighted by Crippen LogP contribution is 2.26. The first-order valence-corrected chi connectivity index (χ1v) is 10.6. The molecular formula is C25H21ClN2O6. The van der Waals surface area contributed by atoms with Gasteiger partial charge in [0.15, 0.2) is 16.8 Å².